The number of aromatic nitrogens is 1. The number of piperidine rings is 1. The molecule has 1 aromatic heterocycles. The maximum atomic E-state index is 14.9. The third-order valence-electron chi connectivity index (χ3n) is 7.26. The Balaban J connectivity index is 1.30. The Labute approximate surface area is 216 Å². The van der Waals surface area contributed by atoms with E-state index in [1.54, 1.807) is 32.4 Å². The minimum Gasteiger partial charge on any atom is -0.489 e. The molecule has 0 radical (unpaired) electrons. The molecule has 5 rings (SSSR count). The fraction of sp³-hybridized carbons (Fsp3) is 0.367. The summed E-state index contributed by atoms with van der Waals surface area (Å²) < 4.78 is 46.5. The number of halogens is 2. The third-order valence-corrected chi connectivity index (χ3v) is 7.26. The quantitative estimate of drug-likeness (QED) is 0.330. The number of allylic oxidation sites excluding steroid dienone is 1. The minimum atomic E-state index is -2.96. The molecule has 194 valence electrons. The maximum Gasteiger partial charge on any atom is 0.277 e. The molecule has 0 spiro atoms. The Kier molecular flexibility index (Phi) is 7.53. The Bertz CT molecular complexity index is 1220. The Morgan fingerprint density at radius 3 is 2.43 bits per heavy atom. The van der Waals surface area contributed by atoms with Crippen LogP contribution in [0.1, 0.15) is 41.6 Å². The van der Waals surface area contributed by atoms with Crippen LogP contribution in [0, 0.1) is 5.92 Å². The van der Waals surface area contributed by atoms with Crippen LogP contribution in [0.15, 0.2) is 72.9 Å². The van der Waals surface area contributed by atoms with Gasteiger partial charge in [-0.3, -0.25) is 4.98 Å². The van der Waals surface area contributed by atoms with Gasteiger partial charge in [0.25, 0.3) is 5.92 Å². The third kappa shape index (κ3) is 5.53. The Morgan fingerprint density at radius 2 is 1.76 bits per heavy atom. The molecular formula is C30H32F2N2O3. The van der Waals surface area contributed by atoms with Gasteiger partial charge in [-0.15, -0.1) is 0 Å². The van der Waals surface area contributed by atoms with Crippen LogP contribution < -0.4 is 9.64 Å². The minimum absolute atomic E-state index is 0.0191. The van der Waals surface area contributed by atoms with Crippen molar-refractivity contribution in [2.45, 2.75) is 38.1 Å². The van der Waals surface area contributed by atoms with Crippen molar-refractivity contribution in [1.82, 2.24) is 4.98 Å². The van der Waals surface area contributed by atoms with Crippen LogP contribution in [0.4, 0.5) is 14.5 Å². The highest BCUT2D eigenvalue weighted by atomic mass is 19.3. The number of benzene rings is 2. The first-order chi connectivity index (χ1) is 18.0. The summed E-state index contributed by atoms with van der Waals surface area (Å²) in [7, 11) is 3.35. The molecule has 7 heteroatoms. The zero-order valence-electron chi connectivity index (χ0n) is 21.2. The van der Waals surface area contributed by atoms with Gasteiger partial charge in [0.15, 0.2) is 6.29 Å². The number of pyridine rings is 1. The highest BCUT2D eigenvalue weighted by Crippen LogP contribution is 2.45. The lowest BCUT2D eigenvalue weighted by molar-refractivity contribution is -0.141. The molecule has 3 aromatic rings. The smallest absolute Gasteiger partial charge is 0.277 e. The van der Waals surface area contributed by atoms with Crippen molar-refractivity contribution in [3.05, 3.63) is 95.3 Å². The van der Waals surface area contributed by atoms with Crippen molar-refractivity contribution < 1.29 is 23.0 Å². The van der Waals surface area contributed by atoms with Crippen molar-refractivity contribution in [2.24, 2.45) is 5.92 Å². The van der Waals surface area contributed by atoms with E-state index in [2.05, 4.69) is 9.88 Å². The van der Waals surface area contributed by atoms with Crippen molar-refractivity contribution >= 4 is 11.3 Å². The van der Waals surface area contributed by atoms with Crippen LogP contribution in [0.5, 0.6) is 5.75 Å². The van der Waals surface area contributed by atoms with E-state index < -0.39 is 5.92 Å². The summed E-state index contributed by atoms with van der Waals surface area (Å²) in [6.45, 7) is 2.10. The van der Waals surface area contributed by atoms with Crippen molar-refractivity contribution in [3.8, 4) is 5.75 Å². The summed E-state index contributed by atoms with van der Waals surface area (Å²) in [5.74, 6) is -2.16. The van der Waals surface area contributed by atoms with Gasteiger partial charge >= 0.3 is 0 Å². The van der Waals surface area contributed by atoms with Crippen molar-refractivity contribution in [1.29, 1.82) is 0 Å². The summed E-state index contributed by atoms with van der Waals surface area (Å²) in [6.07, 6.45) is 4.82. The second-order valence-corrected chi connectivity index (χ2v) is 9.57. The molecule has 5 nitrogen and oxygen atoms in total. The molecular weight excluding hydrogens is 474 g/mol. The number of ether oxygens (including phenoxy) is 3. The van der Waals surface area contributed by atoms with E-state index in [-0.39, 0.29) is 18.3 Å². The number of alkyl halides is 2. The Morgan fingerprint density at radius 1 is 1.00 bits per heavy atom. The van der Waals surface area contributed by atoms with E-state index >= 15 is 0 Å². The number of rotatable bonds is 8. The van der Waals surface area contributed by atoms with Gasteiger partial charge in [0.2, 0.25) is 0 Å². The van der Waals surface area contributed by atoms with Crippen LogP contribution in [-0.4, -0.2) is 38.6 Å². The van der Waals surface area contributed by atoms with Crippen molar-refractivity contribution in [2.75, 3.05) is 32.2 Å². The van der Waals surface area contributed by atoms with Crippen LogP contribution in [0.3, 0.4) is 0 Å². The lowest BCUT2D eigenvalue weighted by Gasteiger charge is -2.36. The summed E-state index contributed by atoms with van der Waals surface area (Å²) in [5.41, 5.74) is 3.90. The van der Waals surface area contributed by atoms with E-state index in [9.17, 15) is 8.78 Å². The first kappa shape index (κ1) is 25.4. The highest BCUT2D eigenvalue weighted by molar-refractivity contribution is 5.82. The molecule has 0 atom stereocenters. The standard InChI is InChI=1S/C30H32F2N2O3/c1-35-29(36-2)22-13-16-34(17-14-22)23-8-11-28(33-19-23)26-12-15-30(31,32)27-18-24(9-10-25(26)27)37-20-21-6-4-3-5-7-21/h3-12,18-19,22,29H,13-17,20H2,1-2H3. The first-order valence-electron chi connectivity index (χ1n) is 12.6. The lowest BCUT2D eigenvalue weighted by Crippen LogP contribution is -2.39. The molecule has 37 heavy (non-hydrogen) atoms. The van der Waals surface area contributed by atoms with Gasteiger partial charge in [-0.2, -0.15) is 0 Å². The second kappa shape index (κ2) is 11.0. The predicted molar refractivity (Wildman–Crippen MR) is 140 cm³/mol. The largest absolute Gasteiger partial charge is 0.489 e. The average molecular weight is 507 g/mol. The topological polar surface area (TPSA) is 43.8 Å². The van der Waals surface area contributed by atoms with Gasteiger partial charge in [0.1, 0.15) is 12.4 Å². The molecule has 1 aliphatic heterocycles. The molecule has 0 N–H and O–H groups in total. The van der Waals surface area contributed by atoms with E-state index in [1.165, 1.54) is 6.07 Å². The zero-order valence-corrected chi connectivity index (χ0v) is 21.2. The predicted octanol–water partition coefficient (Wildman–Crippen LogP) is 6.42. The van der Waals surface area contributed by atoms with E-state index in [0.717, 1.165) is 42.8 Å². The lowest BCUT2D eigenvalue weighted by atomic mass is 9.86. The fourth-order valence-corrected chi connectivity index (χ4v) is 5.23. The van der Waals surface area contributed by atoms with Gasteiger partial charge in [-0.25, -0.2) is 8.78 Å². The van der Waals surface area contributed by atoms with Crippen LogP contribution in [0.25, 0.3) is 5.57 Å². The summed E-state index contributed by atoms with van der Waals surface area (Å²) >= 11 is 0. The van der Waals surface area contributed by atoms with Crippen LogP contribution >= 0.6 is 0 Å². The number of hydrogen-bond donors (Lipinski definition) is 0. The van der Waals surface area contributed by atoms with Crippen molar-refractivity contribution in [3.63, 3.8) is 0 Å². The highest BCUT2D eigenvalue weighted by Gasteiger charge is 2.38. The van der Waals surface area contributed by atoms with Gasteiger partial charge < -0.3 is 19.1 Å². The van der Waals surface area contributed by atoms with E-state index in [1.807, 2.05) is 48.7 Å². The molecule has 0 amide bonds. The van der Waals surface area contributed by atoms with Crippen LogP contribution in [-0.2, 0) is 22.0 Å². The fourth-order valence-electron chi connectivity index (χ4n) is 5.23. The molecule has 0 bridgehead atoms. The molecule has 2 aliphatic rings. The van der Waals surface area contributed by atoms with Gasteiger partial charge in [0.05, 0.1) is 17.6 Å². The molecule has 2 aromatic carbocycles. The van der Waals surface area contributed by atoms with Crippen LogP contribution in [0.2, 0.25) is 0 Å². The van der Waals surface area contributed by atoms with E-state index in [0.29, 0.717) is 29.5 Å². The molecule has 2 heterocycles. The molecule has 1 fully saturated rings. The summed E-state index contributed by atoms with van der Waals surface area (Å²) in [5, 5.41) is 0. The monoisotopic (exact) mass is 506 g/mol. The van der Waals surface area contributed by atoms with Gasteiger partial charge in [-0.1, -0.05) is 42.5 Å². The number of hydrogen-bond acceptors (Lipinski definition) is 5. The Hall–Kier alpha value is -3.29. The number of anilines is 1. The number of methoxy groups -OCH3 is 2. The molecule has 1 saturated heterocycles. The first-order valence-corrected chi connectivity index (χ1v) is 12.6. The van der Waals surface area contributed by atoms with Gasteiger partial charge in [-0.05, 0) is 48.2 Å². The second-order valence-electron chi connectivity index (χ2n) is 9.57. The van der Waals surface area contributed by atoms with Gasteiger partial charge in [0, 0.05) is 50.8 Å². The SMILES string of the molecule is COC(OC)C1CCN(c2ccc(C3=CCC(F)(F)c4cc(OCc5ccccc5)ccc43)nc2)CC1. The number of nitrogens with zero attached hydrogens (tertiary/aromatic N) is 2. The number of fused-ring (bicyclic) bond motifs is 1. The zero-order chi connectivity index (χ0) is 25.8. The maximum absolute atomic E-state index is 14.9. The summed E-state index contributed by atoms with van der Waals surface area (Å²) in [4.78, 5) is 6.97. The summed E-state index contributed by atoms with van der Waals surface area (Å²) in [6, 6.07) is 18.6. The molecule has 0 saturated carbocycles. The molecule has 1 aliphatic carbocycles. The molecule has 0 unspecified atom stereocenters. The van der Waals surface area contributed by atoms with E-state index in [4.69, 9.17) is 14.2 Å². The average Bonchev–Trinajstić information content (AvgIpc) is 2.94. The normalized spacial score (nSPS) is 17.4.